The molecule has 264 valence electrons. The van der Waals surface area contributed by atoms with Crippen molar-refractivity contribution in [1.29, 1.82) is 0 Å². The highest BCUT2D eigenvalue weighted by Gasteiger charge is 2.25. The monoisotopic (exact) mass is 780 g/mol. The van der Waals surface area contributed by atoms with Gasteiger partial charge in [0.05, 0.1) is 27.1 Å². The number of hydrogen-bond donors (Lipinski definition) is 3. The summed E-state index contributed by atoms with van der Waals surface area (Å²) in [4.78, 5) is 77.4. The third-order valence-electron chi connectivity index (χ3n) is 6.34. The Labute approximate surface area is 307 Å². The molecule has 14 nitrogen and oxygen atoms in total. The first-order valence-electron chi connectivity index (χ1n) is 14.2. The van der Waals surface area contributed by atoms with Crippen LogP contribution >= 0.6 is 57.5 Å². The number of aromatic nitrogens is 8. The second kappa shape index (κ2) is 17.0. The Morgan fingerprint density at radius 3 is 1.62 bits per heavy atom. The number of fused-ring (bicyclic) bond motifs is 2. The van der Waals surface area contributed by atoms with Gasteiger partial charge in [0.1, 0.15) is 22.2 Å². The number of carbonyl (C=O) groups is 2. The predicted molar refractivity (Wildman–Crippen MR) is 197 cm³/mol. The molecule has 0 aliphatic rings. The lowest BCUT2D eigenvalue weighted by molar-refractivity contribution is -0.137. The minimum Gasteiger partial charge on any atom is -0.505 e. The Kier molecular flexibility index (Phi) is 13.7. The normalized spacial score (nSPS) is 10.7. The van der Waals surface area contributed by atoms with Gasteiger partial charge in [-0.15, -0.1) is 22.7 Å². The molecule has 0 amide bonds. The van der Waals surface area contributed by atoms with Crippen LogP contribution in [0.3, 0.4) is 0 Å². The van der Waals surface area contributed by atoms with Crippen molar-refractivity contribution in [3.63, 3.8) is 0 Å². The Balaban J connectivity index is 0.000000233. The number of aromatic hydroxyl groups is 1. The zero-order valence-corrected chi connectivity index (χ0v) is 30.5. The highest BCUT2D eigenvalue weighted by atomic mass is 35.5. The lowest BCUT2D eigenvalue weighted by atomic mass is 10.1. The number of rotatable bonds is 5. The molecular formula is C31H31Cl3N8O6S2. The Morgan fingerprint density at radius 1 is 0.760 bits per heavy atom. The maximum atomic E-state index is 12.6. The molecule has 3 N–H and O–H groups in total. The highest BCUT2D eigenvalue weighted by molar-refractivity contribution is 7.19. The van der Waals surface area contributed by atoms with Crippen LogP contribution in [-0.2, 0) is 9.59 Å². The van der Waals surface area contributed by atoms with E-state index in [4.69, 9.17) is 39.5 Å². The van der Waals surface area contributed by atoms with E-state index in [2.05, 4.69) is 39.9 Å². The van der Waals surface area contributed by atoms with Crippen LogP contribution < -0.4 is 15.9 Å². The van der Waals surface area contributed by atoms with Gasteiger partial charge < -0.3 is 19.8 Å². The molecule has 0 radical (unpaired) electrons. The molecule has 19 heteroatoms. The fourth-order valence-electron chi connectivity index (χ4n) is 3.91. The Hall–Kier alpha value is -4.35. The van der Waals surface area contributed by atoms with Gasteiger partial charge in [-0.05, 0) is 25.4 Å². The van der Waals surface area contributed by atoms with E-state index in [1.165, 1.54) is 24.8 Å². The summed E-state index contributed by atoms with van der Waals surface area (Å²) >= 11 is 19.0. The molecule has 50 heavy (non-hydrogen) atoms. The lowest BCUT2D eigenvalue weighted by Gasteiger charge is -2.12. The van der Waals surface area contributed by atoms with E-state index < -0.39 is 17.1 Å². The van der Waals surface area contributed by atoms with Crippen molar-refractivity contribution < 1.29 is 19.4 Å². The van der Waals surface area contributed by atoms with Crippen LogP contribution in [0.15, 0.2) is 34.4 Å². The second-order valence-corrected chi connectivity index (χ2v) is 14.2. The molecule has 0 unspecified atom stereocenters. The maximum absolute atomic E-state index is 12.6. The van der Waals surface area contributed by atoms with E-state index in [0.29, 0.717) is 35.6 Å². The van der Waals surface area contributed by atoms with Crippen molar-refractivity contribution in [2.75, 3.05) is 0 Å². The number of aromatic amines is 2. The first kappa shape index (κ1) is 40.1. The van der Waals surface area contributed by atoms with Crippen LogP contribution in [0.2, 0.25) is 8.93 Å². The first-order chi connectivity index (χ1) is 23.1. The summed E-state index contributed by atoms with van der Waals surface area (Å²) in [7, 11) is 0. The van der Waals surface area contributed by atoms with Crippen LogP contribution in [0.25, 0.3) is 43.2 Å². The van der Waals surface area contributed by atoms with E-state index in [1.54, 1.807) is 41.5 Å². The number of carbonyl (C=O) groups excluding carboxylic acids is 2. The van der Waals surface area contributed by atoms with Crippen molar-refractivity contribution in [3.05, 3.63) is 65.8 Å². The Bertz CT molecular complexity index is 2300. The average molecular weight is 782 g/mol. The number of aryl methyl sites for hydroxylation is 2. The van der Waals surface area contributed by atoms with E-state index in [1.807, 2.05) is 0 Å². The Morgan fingerprint density at radius 2 is 1.18 bits per heavy atom. The van der Waals surface area contributed by atoms with Crippen LogP contribution in [0, 0.1) is 25.7 Å². The third-order valence-corrected chi connectivity index (χ3v) is 9.34. The number of ether oxygens (including phenoxy) is 1. The molecule has 6 heterocycles. The molecule has 0 fully saturated rings. The molecule has 0 saturated carbocycles. The van der Waals surface area contributed by atoms with Crippen molar-refractivity contribution in [2.24, 2.45) is 11.8 Å². The zero-order valence-electron chi connectivity index (χ0n) is 26.6. The van der Waals surface area contributed by atoms with Crippen molar-refractivity contribution >= 4 is 91.0 Å². The summed E-state index contributed by atoms with van der Waals surface area (Å²) in [5.41, 5.74) is 1.57. The fraction of sp³-hybridized carbons (Fsp3) is 0.290. The van der Waals surface area contributed by atoms with Crippen molar-refractivity contribution in [1.82, 2.24) is 39.9 Å². The van der Waals surface area contributed by atoms with E-state index in [9.17, 15) is 24.3 Å². The van der Waals surface area contributed by atoms with E-state index >= 15 is 0 Å². The lowest BCUT2D eigenvalue weighted by Crippen LogP contribution is -2.19. The first-order valence-corrected chi connectivity index (χ1v) is 17.0. The average Bonchev–Trinajstić information content (AvgIpc) is 3.55. The van der Waals surface area contributed by atoms with Crippen LogP contribution in [-0.4, -0.2) is 56.2 Å². The second-order valence-electron chi connectivity index (χ2n) is 10.6. The summed E-state index contributed by atoms with van der Waals surface area (Å²) in [6, 6.07) is 0. The van der Waals surface area contributed by atoms with Crippen LogP contribution in [0.1, 0.15) is 46.5 Å². The van der Waals surface area contributed by atoms with Crippen LogP contribution in [0.5, 0.6) is 11.5 Å². The molecule has 6 rings (SSSR count). The van der Waals surface area contributed by atoms with Gasteiger partial charge in [-0.25, -0.2) is 29.9 Å². The molecule has 0 aliphatic carbocycles. The topological polar surface area (TPSA) is 207 Å². The third kappa shape index (κ3) is 9.05. The van der Waals surface area contributed by atoms with Gasteiger partial charge in [0.15, 0.2) is 31.7 Å². The van der Waals surface area contributed by atoms with Gasteiger partial charge in [-0.2, -0.15) is 0 Å². The van der Waals surface area contributed by atoms with Gasteiger partial charge in [0.2, 0.25) is 5.24 Å². The number of nitrogens with one attached hydrogen (secondary N) is 2. The SMILES string of the molecule is C.CC(C)C(=O)Cl.Cc1nc(Cl)sc1-c1c(O)c2nccnc2[nH]c1=O.Cc1nc(Cl)sc1-c1c(OC(=O)C(C)C)c2nccnc2[nH]c1=O. The van der Waals surface area contributed by atoms with Gasteiger partial charge in [-0.3, -0.25) is 19.2 Å². The largest absolute Gasteiger partial charge is 0.505 e. The van der Waals surface area contributed by atoms with Gasteiger partial charge in [-0.1, -0.05) is 58.3 Å². The smallest absolute Gasteiger partial charge is 0.313 e. The molecule has 0 saturated heterocycles. The molecular weight excluding hydrogens is 751 g/mol. The number of thiazole rings is 2. The molecule has 0 aliphatic heterocycles. The predicted octanol–water partition coefficient (Wildman–Crippen LogP) is 7.12. The molecule has 6 aromatic rings. The van der Waals surface area contributed by atoms with Gasteiger partial charge in [0.25, 0.3) is 11.1 Å². The molecule has 6 aromatic heterocycles. The molecule has 0 aromatic carbocycles. The van der Waals surface area contributed by atoms with E-state index in [-0.39, 0.29) is 63.9 Å². The number of halogens is 3. The zero-order chi connectivity index (χ0) is 36.2. The number of pyridine rings is 2. The highest BCUT2D eigenvalue weighted by Crippen LogP contribution is 2.39. The summed E-state index contributed by atoms with van der Waals surface area (Å²) in [6.45, 7) is 10.4. The fourth-order valence-corrected chi connectivity index (χ4v) is 6.30. The molecule has 0 bridgehead atoms. The van der Waals surface area contributed by atoms with Gasteiger partial charge in [0, 0.05) is 30.7 Å². The quantitative estimate of drug-likeness (QED) is 0.118. The molecule has 0 spiro atoms. The summed E-state index contributed by atoms with van der Waals surface area (Å²) in [5, 5.41) is 9.96. The van der Waals surface area contributed by atoms with Crippen molar-refractivity contribution in [2.45, 2.75) is 49.0 Å². The number of hydrogen-bond acceptors (Lipinski definition) is 14. The van der Waals surface area contributed by atoms with E-state index in [0.717, 1.165) is 22.7 Å². The minimum atomic E-state index is -0.470. The standard InChI is InChI=1S/C15H13ClN4O3S.C11H7ClN4O2S.C4H7ClO.CH4/c1-6(2)14(22)23-10-8(11-7(3)19-15(16)24-11)13(21)20-12-9(10)17-4-5-18-12;1-4-8(19-11(12)15-4)5-7(17)6-9(16-10(5)18)14-3-2-13-6;1-3(2)4(5)6;/h4-6H,1-3H3,(H,18,20,21);2-3H,1H3,(H2,14,16,17,18);3H,1-2H3;1H4. The number of nitrogens with zero attached hydrogens (tertiary/aromatic N) is 6. The number of esters is 1. The van der Waals surface area contributed by atoms with Crippen molar-refractivity contribution in [3.8, 4) is 32.4 Å². The minimum absolute atomic E-state index is 0. The maximum Gasteiger partial charge on any atom is 0.313 e. The summed E-state index contributed by atoms with van der Waals surface area (Å²) < 4.78 is 6.10. The molecule has 0 atom stereocenters. The summed E-state index contributed by atoms with van der Waals surface area (Å²) in [5.74, 6) is -0.997. The van der Waals surface area contributed by atoms with Gasteiger partial charge >= 0.3 is 5.97 Å². The summed E-state index contributed by atoms with van der Waals surface area (Å²) in [6.07, 6.45) is 5.79. The van der Waals surface area contributed by atoms with Crippen LogP contribution in [0.4, 0.5) is 0 Å². The number of H-pyrrole nitrogens is 2.